The number of rotatable bonds is 3. The van der Waals surface area contributed by atoms with Crippen LogP contribution in [0.1, 0.15) is 48.0 Å². The maximum absolute atomic E-state index is 13.4. The van der Waals surface area contributed by atoms with E-state index in [2.05, 4.69) is 21.1 Å². The first-order valence-electron chi connectivity index (χ1n) is 10.0. The number of nitrogens with one attached hydrogen (secondary N) is 4. The summed E-state index contributed by atoms with van der Waals surface area (Å²) in [7, 11) is 0. The molecule has 1 aliphatic heterocycles. The zero-order chi connectivity index (χ0) is 24.4. The van der Waals surface area contributed by atoms with Gasteiger partial charge >= 0.3 is 12.4 Å². The van der Waals surface area contributed by atoms with Crippen LogP contribution in [0.4, 0.5) is 35.1 Å². The topological polar surface area (TPSA) is 77.5 Å². The summed E-state index contributed by atoms with van der Waals surface area (Å²) in [6, 6.07) is 0.880. The number of halogens is 8. The van der Waals surface area contributed by atoms with E-state index in [1.54, 1.807) is 0 Å². The standard InChI is InChI=1S/C19H21F8N5O/c20-17(21)7-5-12(6-8-17)28-16(29-14-9-13(31-32-14)19(25,26)27)30-15(33)10-1-3-11(4-2-10)18(22,23)24/h1-4,12-14,31-32H,5-9H2,(H2,28,29,30,33). The Bertz CT molecular complexity index is 858. The third kappa shape index (κ3) is 7.00. The molecule has 2 unspecified atom stereocenters. The van der Waals surface area contributed by atoms with Crippen LogP contribution in [0.5, 0.6) is 0 Å². The second-order valence-corrected chi connectivity index (χ2v) is 7.92. The van der Waals surface area contributed by atoms with Crippen molar-refractivity contribution < 1.29 is 39.9 Å². The van der Waals surface area contributed by atoms with Crippen molar-refractivity contribution >= 4 is 11.9 Å². The van der Waals surface area contributed by atoms with Gasteiger partial charge in [0.2, 0.25) is 5.92 Å². The molecule has 2 fully saturated rings. The molecule has 0 spiro atoms. The van der Waals surface area contributed by atoms with Gasteiger partial charge in [0.15, 0.2) is 5.96 Å². The molecule has 14 heteroatoms. The van der Waals surface area contributed by atoms with Gasteiger partial charge in [-0.15, -0.1) is 0 Å². The second-order valence-electron chi connectivity index (χ2n) is 7.92. The van der Waals surface area contributed by atoms with Crippen molar-refractivity contribution in [2.45, 2.75) is 68.6 Å². The molecular weight excluding hydrogens is 466 g/mol. The average Bonchev–Trinajstić information content (AvgIpc) is 3.18. The first-order chi connectivity index (χ1) is 15.2. The van der Waals surface area contributed by atoms with Gasteiger partial charge in [0.1, 0.15) is 12.2 Å². The molecule has 184 valence electrons. The van der Waals surface area contributed by atoms with Gasteiger partial charge in [0.25, 0.3) is 5.91 Å². The van der Waals surface area contributed by atoms with Crippen LogP contribution >= 0.6 is 0 Å². The number of nitrogens with zero attached hydrogens (tertiary/aromatic N) is 1. The van der Waals surface area contributed by atoms with E-state index >= 15 is 0 Å². The molecule has 6 nitrogen and oxygen atoms in total. The summed E-state index contributed by atoms with van der Waals surface area (Å²) in [5.74, 6) is -3.96. The zero-order valence-corrected chi connectivity index (χ0v) is 17.0. The van der Waals surface area contributed by atoms with E-state index in [4.69, 9.17) is 0 Å². The van der Waals surface area contributed by atoms with E-state index in [-0.39, 0.29) is 24.4 Å². The van der Waals surface area contributed by atoms with Crippen LogP contribution in [-0.4, -0.2) is 42.2 Å². The third-order valence-corrected chi connectivity index (χ3v) is 5.33. The van der Waals surface area contributed by atoms with Gasteiger partial charge < -0.3 is 5.32 Å². The monoisotopic (exact) mass is 487 g/mol. The normalized spacial score (nSPS) is 24.5. The van der Waals surface area contributed by atoms with Crippen LogP contribution in [0, 0.1) is 0 Å². The van der Waals surface area contributed by atoms with E-state index in [1.807, 2.05) is 5.43 Å². The maximum Gasteiger partial charge on any atom is 0.416 e. The van der Waals surface area contributed by atoms with Gasteiger partial charge in [-0.3, -0.25) is 10.1 Å². The molecule has 1 heterocycles. The minimum Gasteiger partial charge on any atom is -0.353 e. The number of guanidine groups is 1. The Morgan fingerprint density at radius 1 is 1.00 bits per heavy atom. The van der Waals surface area contributed by atoms with Gasteiger partial charge in [-0.05, 0) is 37.1 Å². The number of benzene rings is 1. The van der Waals surface area contributed by atoms with Gasteiger partial charge in [-0.25, -0.2) is 24.6 Å². The Balaban J connectivity index is 1.73. The molecule has 33 heavy (non-hydrogen) atoms. The molecule has 0 aromatic heterocycles. The van der Waals surface area contributed by atoms with Gasteiger partial charge in [0.05, 0.1) is 5.56 Å². The predicted octanol–water partition coefficient (Wildman–Crippen LogP) is 3.71. The predicted molar refractivity (Wildman–Crippen MR) is 101 cm³/mol. The number of hydrogen-bond donors (Lipinski definition) is 4. The summed E-state index contributed by atoms with van der Waals surface area (Å²) in [5, 5.41) is 5.09. The molecule has 2 aliphatic rings. The molecule has 4 N–H and O–H groups in total. The largest absolute Gasteiger partial charge is 0.416 e. The molecule has 0 radical (unpaired) electrons. The molecule has 0 bridgehead atoms. The maximum atomic E-state index is 13.4. The van der Waals surface area contributed by atoms with Crippen LogP contribution in [0.3, 0.4) is 0 Å². The first kappa shape index (κ1) is 25.1. The minimum absolute atomic E-state index is 0.0314. The lowest BCUT2D eigenvalue weighted by atomic mass is 9.92. The summed E-state index contributed by atoms with van der Waals surface area (Å²) >= 11 is 0. The Morgan fingerprint density at radius 2 is 1.61 bits per heavy atom. The summed E-state index contributed by atoms with van der Waals surface area (Å²) in [6.45, 7) is 0. The summed E-state index contributed by atoms with van der Waals surface area (Å²) in [6.07, 6.45) is -11.5. The third-order valence-electron chi connectivity index (χ3n) is 5.33. The summed E-state index contributed by atoms with van der Waals surface area (Å²) < 4.78 is 104. The number of hydrazine groups is 1. The first-order valence-corrected chi connectivity index (χ1v) is 10.0. The van der Waals surface area contributed by atoms with Crippen LogP contribution in [0.25, 0.3) is 0 Å². The van der Waals surface area contributed by atoms with Crippen LogP contribution in [0.2, 0.25) is 0 Å². The lowest BCUT2D eigenvalue weighted by molar-refractivity contribution is -0.153. The Morgan fingerprint density at radius 3 is 2.12 bits per heavy atom. The number of carbonyl (C=O) groups is 1. The van der Waals surface area contributed by atoms with Gasteiger partial charge in [-0.1, -0.05) is 0 Å². The number of alkyl halides is 8. The smallest absolute Gasteiger partial charge is 0.353 e. The molecule has 1 amide bonds. The Kier molecular flexibility index (Phi) is 7.17. The van der Waals surface area contributed by atoms with E-state index in [1.165, 1.54) is 0 Å². The molecule has 1 aromatic carbocycles. The number of hydrogen-bond acceptors (Lipinski definition) is 4. The summed E-state index contributed by atoms with van der Waals surface area (Å²) in [4.78, 5) is 16.5. The number of amides is 1. The molecule has 3 rings (SSSR count). The fourth-order valence-electron chi connectivity index (χ4n) is 3.47. The van der Waals surface area contributed by atoms with Gasteiger partial charge in [-0.2, -0.15) is 26.3 Å². The van der Waals surface area contributed by atoms with E-state index in [0.717, 1.165) is 12.1 Å². The highest BCUT2D eigenvalue weighted by Gasteiger charge is 2.44. The van der Waals surface area contributed by atoms with Crippen molar-refractivity contribution in [1.29, 1.82) is 0 Å². The van der Waals surface area contributed by atoms with Crippen molar-refractivity contribution in [1.82, 2.24) is 21.5 Å². The highest BCUT2D eigenvalue weighted by atomic mass is 19.4. The average molecular weight is 487 g/mol. The van der Waals surface area contributed by atoms with E-state index < -0.39 is 67.3 Å². The molecule has 1 saturated carbocycles. The number of aliphatic imine (C=N–C) groups is 1. The Labute approximate surface area is 183 Å². The highest BCUT2D eigenvalue weighted by Crippen LogP contribution is 2.33. The molecule has 1 saturated heterocycles. The SMILES string of the molecule is O=C(NC(=NC1CC(C(F)(F)F)NN1)NC1CCC(F)(F)CC1)c1ccc(C(F)(F)F)cc1. The lowest BCUT2D eigenvalue weighted by Gasteiger charge is -2.30. The van der Waals surface area contributed by atoms with Crippen LogP contribution < -0.4 is 21.5 Å². The van der Waals surface area contributed by atoms with Crippen molar-refractivity contribution in [2.24, 2.45) is 4.99 Å². The number of carbonyl (C=O) groups excluding carboxylic acids is 1. The highest BCUT2D eigenvalue weighted by molar-refractivity contribution is 6.05. The van der Waals surface area contributed by atoms with Gasteiger partial charge in [0, 0.05) is 30.9 Å². The molecule has 1 aromatic rings. The lowest BCUT2D eigenvalue weighted by Crippen LogP contribution is -2.49. The minimum atomic E-state index is -4.59. The Hall–Kier alpha value is -2.48. The van der Waals surface area contributed by atoms with Crippen molar-refractivity contribution in [2.75, 3.05) is 0 Å². The van der Waals surface area contributed by atoms with Crippen molar-refractivity contribution in [3.8, 4) is 0 Å². The molecular formula is C19H21F8N5O. The second kappa shape index (κ2) is 9.41. The van der Waals surface area contributed by atoms with Crippen molar-refractivity contribution in [3.05, 3.63) is 35.4 Å². The zero-order valence-electron chi connectivity index (χ0n) is 17.0. The fourth-order valence-corrected chi connectivity index (χ4v) is 3.47. The van der Waals surface area contributed by atoms with Crippen LogP contribution in [-0.2, 0) is 6.18 Å². The molecule has 2 atom stereocenters. The summed E-state index contributed by atoms with van der Waals surface area (Å²) in [5.41, 5.74) is 3.26. The van der Waals surface area contributed by atoms with E-state index in [9.17, 15) is 39.9 Å². The van der Waals surface area contributed by atoms with Crippen LogP contribution in [0.15, 0.2) is 29.3 Å². The quantitative estimate of drug-likeness (QED) is 0.298. The molecule has 1 aliphatic carbocycles. The van der Waals surface area contributed by atoms with Crippen molar-refractivity contribution in [3.63, 3.8) is 0 Å². The fraction of sp³-hybridized carbons (Fsp3) is 0.579. The van der Waals surface area contributed by atoms with E-state index in [0.29, 0.717) is 12.1 Å².